The number of carbonyl (C=O) groups is 1. The second-order valence-corrected chi connectivity index (χ2v) is 22.1. The van der Waals surface area contributed by atoms with Gasteiger partial charge in [0.25, 0.3) is 0 Å². The van der Waals surface area contributed by atoms with Crippen molar-refractivity contribution in [3.05, 3.63) is 22.7 Å². The molecule has 1 aromatic heterocycles. The minimum Gasteiger partial charge on any atom is -0.414 e. The van der Waals surface area contributed by atoms with E-state index in [2.05, 4.69) is 59.6 Å². The van der Waals surface area contributed by atoms with Crippen LogP contribution in [0, 0.1) is 0 Å². The molecule has 0 radical (unpaired) electrons. The zero-order valence-electron chi connectivity index (χ0n) is 22.8. The lowest BCUT2D eigenvalue weighted by Crippen LogP contribution is -2.58. The molecule has 0 spiro atoms. The van der Waals surface area contributed by atoms with Gasteiger partial charge in [-0.05, 0) is 42.3 Å². The van der Waals surface area contributed by atoms with Crippen LogP contribution < -0.4 is 17.2 Å². The summed E-state index contributed by atoms with van der Waals surface area (Å²) in [5.74, 6) is -0.642. The zero-order chi connectivity index (χ0) is 27.2. The number of nitrogens with zero attached hydrogens (tertiary/aromatic N) is 2. The predicted octanol–water partition coefficient (Wildman–Crippen LogP) is 2.74. The standard InChI is InChI=1S/C23H44N4O6Si2/c1-21(2,3)34(7,8)31-14-15-23(30,13-17(25)28)18(33-35(9,10)22(4,5)6)19(32-15)27-12-11-16(24)26-20(27)29/h11-12,15,18-19,30H,13-14H2,1-10H3,(H2,25,28)(H2,24,26,29)/t15-,18+,19-,23-/m1/s1. The Hall–Kier alpha value is -1.58. The summed E-state index contributed by atoms with van der Waals surface area (Å²) in [5, 5.41) is 11.7. The fourth-order valence-electron chi connectivity index (χ4n) is 3.45. The first-order chi connectivity index (χ1) is 15.6. The molecule has 2 rings (SSSR count). The molecule has 1 aliphatic rings. The molecule has 1 amide bonds. The highest BCUT2D eigenvalue weighted by Crippen LogP contribution is 2.47. The summed E-state index contributed by atoms with van der Waals surface area (Å²) in [6.07, 6.45) is -2.03. The van der Waals surface area contributed by atoms with Crippen molar-refractivity contribution in [2.24, 2.45) is 5.73 Å². The third-order valence-corrected chi connectivity index (χ3v) is 16.8. The molecule has 12 heteroatoms. The fraction of sp³-hybridized carbons (Fsp3) is 0.783. The molecule has 1 fully saturated rings. The SMILES string of the molecule is CC(C)(C)[Si](C)(C)OC[C@H]1O[C@@H](n2ccc(N)nc2=O)[C@H](O[Si](C)(C)C(C)(C)C)[C@@]1(O)CC(N)=O. The Balaban J connectivity index is 2.61. The second-order valence-electron chi connectivity index (χ2n) is 12.6. The molecule has 1 saturated heterocycles. The van der Waals surface area contributed by atoms with Gasteiger partial charge in [-0.1, -0.05) is 41.5 Å². The number of nitrogen functional groups attached to an aromatic ring is 1. The number of hydrogen-bond acceptors (Lipinski definition) is 8. The van der Waals surface area contributed by atoms with E-state index in [1.807, 2.05) is 13.1 Å². The van der Waals surface area contributed by atoms with E-state index in [1.165, 1.54) is 16.8 Å². The third-order valence-electron chi connectivity index (χ3n) is 7.83. The smallest absolute Gasteiger partial charge is 0.351 e. The van der Waals surface area contributed by atoms with Crippen molar-refractivity contribution in [3.63, 3.8) is 0 Å². The Bertz CT molecular complexity index is 985. The van der Waals surface area contributed by atoms with E-state index in [-0.39, 0.29) is 22.5 Å². The van der Waals surface area contributed by atoms with E-state index in [9.17, 15) is 14.7 Å². The maximum atomic E-state index is 12.8. The van der Waals surface area contributed by atoms with Crippen molar-refractivity contribution in [1.29, 1.82) is 0 Å². The van der Waals surface area contributed by atoms with Crippen LogP contribution in [0.5, 0.6) is 0 Å². The van der Waals surface area contributed by atoms with Crippen LogP contribution in [0.1, 0.15) is 54.2 Å². The fourth-order valence-corrected chi connectivity index (χ4v) is 5.76. The van der Waals surface area contributed by atoms with Crippen molar-refractivity contribution in [3.8, 4) is 0 Å². The average Bonchev–Trinajstić information content (AvgIpc) is 2.89. The number of hydrogen-bond donors (Lipinski definition) is 3. The van der Waals surface area contributed by atoms with Gasteiger partial charge in [0.1, 0.15) is 23.6 Å². The van der Waals surface area contributed by atoms with Crippen LogP contribution in [0.25, 0.3) is 0 Å². The van der Waals surface area contributed by atoms with Crippen LogP contribution >= 0.6 is 0 Å². The lowest BCUT2D eigenvalue weighted by Gasteiger charge is -2.43. The predicted molar refractivity (Wildman–Crippen MR) is 141 cm³/mol. The zero-order valence-corrected chi connectivity index (χ0v) is 24.8. The number of nitrogens with two attached hydrogens (primary N) is 2. The molecule has 10 nitrogen and oxygen atoms in total. The summed E-state index contributed by atoms with van der Waals surface area (Å²) in [5.41, 5.74) is 8.80. The molecule has 35 heavy (non-hydrogen) atoms. The molecule has 0 aliphatic carbocycles. The maximum absolute atomic E-state index is 12.8. The lowest BCUT2D eigenvalue weighted by molar-refractivity contribution is -0.133. The molecular weight excluding hydrogens is 484 g/mol. The quantitative estimate of drug-likeness (QED) is 0.436. The van der Waals surface area contributed by atoms with Crippen LogP contribution in [0.3, 0.4) is 0 Å². The van der Waals surface area contributed by atoms with Gasteiger partial charge in [0.05, 0.1) is 13.0 Å². The van der Waals surface area contributed by atoms with Gasteiger partial charge in [-0.3, -0.25) is 9.36 Å². The van der Waals surface area contributed by atoms with Crippen molar-refractivity contribution in [2.75, 3.05) is 12.3 Å². The number of rotatable bonds is 8. The lowest BCUT2D eigenvalue weighted by atomic mass is 9.88. The number of carbonyl (C=O) groups excluding carboxylic acids is 1. The molecule has 1 aliphatic heterocycles. The number of primary amides is 1. The highest BCUT2D eigenvalue weighted by Gasteiger charge is 2.60. The van der Waals surface area contributed by atoms with Gasteiger partial charge in [-0.25, -0.2) is 4.79 Å². The summed E-state index contributed by atoms with van der Waals surface area (Å²) >= 11 is 0. The Morgan fingerprint density at radius 3 is 2.17 bits per heavy atom. The van der Waals surface area contributed by atoms with Gasteiger partial charge in [-0.2, -0.15) is 4.98 Å². The van der Waals surface area contributed by atoms with E-state index < -0.39 is 58.7 Å². The van der Waals surface area contributed by atoms with Gasteiger partial charge in [-0.15, -0.1) is 0 Å². The maximum Gasteiger partial charge on any atom is 0.351 e. The monoisotopic (exact) mass is 528 g/mol. The molecule has 0 unspecified atom stereocenters. The van der Waals surface area contributed by atoms with E-state index in [4.69, 9.17) is 25.1 Å². The number of aliphatic hydroxyl groups is 1. The van der Waals surface area contributed by atoms with Gasteiger partial charge >= 0.3 is 5.69 Å². The highest BCUT2D eigenvalue weighted by atomic mass is 28.4. The van der Waals surface area contributed by atoms with Gasteiger partial charge in [0.2, 0.25) is 5.91 Å². The largest absolute Gasteiger partial charge is 0.414 e. The van der Waals surface area contributed by atoms with Gasteiger partial charge in [0.15, 0.2) is 22.9 Å². The first kappa shape index (κ1) is 29.7. The van der Waals surface area contributed by atoms with Gasteiger partial charge in [0, 0.05) is 6.20 Å². The van der Waals surface area contributed by atoms with E-state index in [0.717, 1.165) is 0 Å². The van der Waals surface area contributed by atoms with E-state index in [0.29, 0.717) is 0 Å². The van der Waals surface area contributed by atoms with Crippen molar-refractivity contribution >= 4 is 28.4 Å². The molecular formula is C23H44N4O6Si2. The molecule has 0 saturated carbocycles. The second kappa shape index (κ2) is 9.71. The van der Waals surface area contributed by atoms with E-state index >= 15 is 0 Å². The topological polar surface area (TPSA) is 152 Å². The number of aromatic nitrogens is 2. The molecule has 2 heterocycles. The van der Waals surface area contributed by atoms with Crippen LogP contribution in [0.15, 0.2) is 17.1 Å². The number of ether oxygens (including phenoxy) is 1. The summed E-state index contributed by atoms with van der Waals surface area (Å²) in [6, 6.07) is 1.47. The molecule has 5 N–H and O–H groups in total. The molecule has 0 bridgehead atoms. The normalized spacial score (nSPS) is 26.2. The third kappa shape index (κ3) is 6.23. The number of anilines is 1. The van der Waals surface area contributed by atoms with Crippen molar-refractivity contribution in [1.82, 2.24) is 9.55 Å². The average molecular weight is 529 g/mol. The van der Waals surface area contributed by atoms with Crippen LogP contribution in [0.4, 0.5) is 5.82 Å². The summed E-state index contributed by atoms with van der Waals surface area (Å²) in [4.78, 5) is 28.7. The highest BCUT2D eigenvalue weighted by molar-refractivity contribution is 6.74. The molecule has 4 atom stereocenters. The number of amides is 1. The summed E-state index contributed by atoms with van der Waals surface area (Å²) in [7, 11) is -4.75. The van der Waals surface area contributed by atoms with Crippen LogP contribution in [-0.4, -0.2) is 61.6 Å². The Morgan fingerprint density at radius 1 is 1.17 bits per heavy atom. The van der Waals surface area contributed by atoms with Gasteiger partial charge < -0.3 is 30.2 Å². The molecule has 1 aromatic rings. The minimum absolute atomic E-state index is 0.0191. The first-order valence-corrected chi connectivity index (χ1v) is 17.8. The first-order valence-electron chi connectivity index (χ1n) is 11.9. The Morgan fingerprint density at radius 2 is 1.71 bits per heavy atom. The van der Waals surface area contributed by atoms with Crippen molar-refractivity contribution in [2.45, 2.75) is 108 Å². The molecule has 200 valence electrons. The Labute approximate surface area is 210 Å². The van der Waals surface area contributed by atoms with Crippen molar-refractivity contribution < 1.29 is 23.5 Å². The van der Waals surface area contributed by atoms with Crippen LogP contribution in [-0.2, 0) is 18.4 Å². The molecule has 0 aromatic carbocycles. The Kier molecular flexibility index (Phi) is 8.23. The minimum atomic E-state index is -2.52. The summed E-state index contributed by atoms with van der Waals surface area (Å²) in [6.45, 7) is 20.8. The summed E-state index contributed by atoms with van der Waals surface area (Å²) < 4.78 is 20.5. The van der Waals surface area contributed by atoms with Crippen LogP contribution in [0.2, 0.25) is 36.3 Å². The van der Waals surface area contributed by atoms with E-state index in [1.54, 1.807) is 0 Å².